The summed E-state index contributed by atoms with van der Waals surface area (Å²) in [5, 5.41) is 9.72. The quantitative estimate of drug-likeness (QED) is 0.718. The van der Waals surface area contributed by atoms with E-state index < -0.39 is 9.84 Å². The highest BCUT2D eigenvalue weighted by Gasteiger charge is 2.21. The molecule has 4 heteroatoms. The first-order valence-electron chi connectivity index (χ1n) is 5.57. The van der Waals surface area contributed by atoms with Crippen LogP contribution in [0, 0.1) is 5.41 Å². The molecular formula is C11H24O3S. The molecule has 0 aromatic heterocycles. The summed E-state index contributed by atoms with van der Waals surface area (Å²) in [4.78, 5) is 0. The van der Waals surface area contributed by atoms with Gasteiger partial charge in [0.05, 0.1) is 11.9 Å². The van der Waals surface area contributed by atoms with Gasteiger partial charge in [-0.2, -0.15) is 0 Å². The minimum atomic E-state index is -2.83. The zero-order valence-corrected chi connectivity index (χ0v) is 11.1. The summed E-state index contributed by atoms with van der Waals surface area (Å²) in [6.07, 6.45) is 1.77. The number of rotatable bonds is 6. The van der Waals surface area contributed by atoms with E-state index >= 15 is 0 Å². The summed E-state index contributed by atoms with van der Waals surface area (Å²) >= 11 is 0. The largest absolute Gasteiger partial charge is 0.393 e. The van der Waals surface area contributed by atoms with E-state index in [1.165, 1.54) is 0 Å². The van der Waals surface area contributed by atoms with Crippen molar-refractivity contribution in [2.75, 3.05) is 11.5 Å². The minimum Gasteiger partial charge on any atom is -0.393 e. The maximum atomic E-state index is 11.2. The minimum absolute atomic E-state index is 0.108. The second-order valence-corrected chi connectivity index (χ2v) is 7.59. The van der Waals surface area contributed by atoms with Gasteiger partial charge in [-0.25, -0.2) is 8.42 Å². The number of unbranched alkanes of at least 4 members (excludes halogenated alkanes) is 1. The van der Waals surface area contributed by atoms with E-state index in [4.69, 9.17) is 0 Å². The van der Waals surface area contributed by atoms with Gasteiger partial charge in [0.15, 0.2) is 0 Å². The molecule has 0 aliphatic rings. The average molecular weight is 236 g/mol. The van der Waals surface area contributed by atoms with E-state index in [1.54, 1.807) is 6.92 Å². The van der Waals surface area contributed by atoms with Gasteiger partial charge in [0.25, 0.3) is 0 Å². The lowest BCUT2D eigenvalue weighted by molar-refractivity contribution is 0.0538. The van der Waals surface area contributed by atoms with E-state index in [-0.39, 0.29) is 23.0 Å². The Morgan fingerprint density at radius 1 is 1.20 bits per heavy atom. The summed E-state index contributed by atoms with van der Waals surface area (Å²) in [6.45, 7) is 7.63. The van der Waals surface area contributed by atoms with Crippen LogP contribution in [0.4, 0.5) is 0 Å². The first-order chi connectivity index (χ1) is 6.69. The van der Waals surface area contributed by atoms with Crippen molar-refractivity contribution in [1.82, 2.24) is 0 Å². The molecule has 0 rings (SSSR count). The smallest absolute Gasteiger partial charge is 0.150 e. The second-order valence-electron chi connectivity index (χ2n) is 5.11. The van der Waals surface area contributed by atoms with Crippen LogP contribution < -0.4 is 0 Å². The van der Waals surface area contributed by atoms with Gasteiger partial charge >= 0.3 is 0 Å². The lowest BCUT2D eigenvalue weighted by Crippen LogP contribution is -2.25. The second kappa shape index (κ2) is 5.85. The molecule has 0 aromatic rings. The van der Waals surface area contributed by atoms with Gasteiger partial charge in [0, 0.05) is 5.75 Å². The Bertz CT molecular complexity index is 262. The topological polar surface area (TPSA) is 54.4 Å². The van der Waals surface area contributed by atoms with Crippen molar-refractivity contribution in [3.05, 3.63) is 0 Å². The molecule has 0 spiro atoms. The van der Waals surface area contributed by atoms with Crippen LogP contribution in [0.15, 0.2) is 0 Å². The number of sulfone groups is 1. The van der Waals surface area contributed by atoms with Gasteiger partial charge in [-0.05, 0) is 24.7 Å². The molecule has 0 aliphatic heterocycles. The molecule has 0 heterocycles. The first kappa shape index (κ1) is 14.9. The summed E-state index contributed by atoms with van der Waals surface area (Å²) in [5.41, 5.74) is -0.108. The van der Waals surface area contributed by atoms with Crippen LogP contribution in [-0.4, -0.2) is 31.1 Å². The lowest BCUT2D eigenvalue weighted by Gasteiger charge is -2.25. The highest BCUT2D eigenvalue weighted by molar-refractivity contribution is 7.91. The molecule has 0 radical (unpaired) electrons. The van der Waals surface area contributed by atoms with Gasteiger partial charge in [-0.1, -0.05) is 27.7 Å². The average Bonchev–Trinajstić information content (AvgIpc) is 2.10. The van der Waals surface area contributed by atoms with E-state index in [1.807, 2.05) is 20.8 Å². The van der Waals surface area contributed by atoms with Crippen molar-refractivity contribution in [2.24, 2.45) is 5.41 Å². The fourth-order valence-corrected chi connectivity index (χ4v) is 2.17. The summed E-state index contributed by atoms with van der Waals surface area (Å²) < 4.78 is 22.4. The Hall–Kier alpha value is -0.0900. The molecule has 1 atom stereocenters. The van der Waals surface area contributed by atoms with E-state index in [0.29, 0.717) is 12.8 Å². The van der Waals surface area contributed by atoms with Gasteiger partial charge in [0.2, 0.25) is 0 Å². The van der Waals surface area contributed by atoms with Crippen molar-refractivity contribution in [1.29, 1.82) is 0 Å². The van der Waals surface area contributed by atoms with E-state index in [2.05, 4.69) is 0 Å². The zero-order chi connectivity index (χ0) is 12.1. The number of hydrogen-bond acceptors (Lipinski definition) is 3. The van der Waals surface area contributed by atoms with E-state index in [9.17, 15) is 13.5 Å². The molecule has 0 bridgehead atoms. The molecule has 0 aromatic carbocycles. The Balaban J connectivity index is 3.74. The van der Waals surface area contributed by atoms with Crippen LogP contribution in [0.25, 0.3) is 0 Å². The Kier molecular flexibility index (Phi) is 5.81. The highest BCUT2D eigenvalue weighted by Crippen LogP contribution is 2.23. The molecule has 0 saturated heterocycles. The van der Waals surface area contributed by atoms with Crippen molar-refractivity contribution < 1.29 is 13.5 Å². The third-order valence-electron chi connectivity index (χ3n) is 2.62. The van der Waals surface area contributed by atoms with Crippen LogP contribution in [0.5, 0.6) is 0 Å². The Labute approximate surface area is 93.8 Å². The van der Waals surface area contributed by atoms with Crippen LogP contribution in [0.2, 0.25) is 0 Å². The molecule has 0 saturated carbocycles. The third kappa shape index (κ3) is 6.90. The fourth-order valence-electron chi connectivity index (χ4n) is 1.24. The number of hydrogen-bond donors (Lipinski definition) is 1. The van der Waals surface area contributed by atoms with Crippen LogP contribution in [-0.2, 0) is 9.84 Å². The normalized spacial score (nSPS) is 15.3. The maximum Gasteiger partial charge on any atom is 0.150 e. The SMILES string of the molecule is CCS(=O)(=O)CCCCC(O)C(C)(C)C. The monoisotopic (exact) mass is 236 g/mol. The van der Waals surface area contributed by atoms with Crippen molar-refractivity contribution in [3.8, 4) is 0 Å². The standard InChI is InChI=1S/C11H24O3S/c1-5-15(13,14)9-7-6-8-10(12)11(2,3)4/h10,12H,5-9H2,1-4H3. The molecule has 92 valence electrons. The van der Waals surface area contributed by atoms with Crippen LogP contribution in [0.3, 0.4) is 0 Å². The fraction of sp³-hybridized carbons (Fsp3) is 1.00. The molecule has 15 heavy (non-hydrogen) atoms. The molecule has 1 unspecified atom stereocenters. The predicted octanol–water partition coefficient (Wildman–Crippen LogP) is 2.00. The predicted molar refractivity (Wildman–Crippen MR) is 63.6 cm³/mol. The molecule has 0 aliphatic carbocycles. The molecule has 1 N–H and O–H groups in total. The van der Waals surface area contributed by atoms with Crippen LogP contribution >= 0.6 is 0 Å². The molecule has 0 fully saturated rings. The Morgan fingerprint density at radius 2 is 1.73 bits per heavy atom. The number of aliphatic hydroxyl groups excluding tert-OH is 1. The van der Waals surface area contributed by atoms with Gasteiger partial charge in [-0.15, -0.1) is 0 Å². The molecular weight excluding hydrogens is 212 g/mol. The van der Waals surface area contributed by atoms with Crippen LogP contribution in [0.1, 0.15) is 47.0 Å². The maximum absolute atomic E-state index is 11.2. The summed E-state index contributed by atoms with van der Waals surface area (Å²) in [5.74, 6) is 0.467. The summed E-state index contributed by atoms with van der Waals surface area (Å²) in [7, 11) is -2.83. The van der Waals surface area contributed by atoms with Gasteiger partial charge in [-0.3, -0.25) is 0 Å². The van der Waals surface area contributed by atoms with Crippen molar-refractivity contribution in [2.45, 2.75) is 53.1 Å². The molecule has 3 nitrogen and oxygen atoms in total. The van der Waals surface area contributed by atoms with Crippen molar-refractivity contribution in [3.63, 3.8) is 0 Å². The van der Waals surface area contributed by atoms with E-state index in [0.717, 1.165) is 6.42 Å². The lowest BCUT2D eigenvalue weighted by atomic mass is 9.86. The van der Waals surface area contributed by atoms with Crippen molar-refractivity contribution >= 4 is 9.84 Å². The highest BCUT2D eigenvalue weighted by atomic mass is 32.2. The first-order valence-corrected chi connectivity index (χ1v) is 7.39. The molecule has 0 amide bonds. The Morgan fingerprint density at radius 3 is 2.13 bits per heavy atom. The third-order valence-corrected chi connectivity index (χ3v) is 4.41. The van der Waals surface area contributed by atoms with Gasteiger partial charge in [0.1, 0.15) is 9.84 Å². The zero-order valence-electron chi connectivity index (χ0n) is 10.3. The number of aliphatic hydroxyl groups is 1. The van der Waals surface area contributed by atoms with Gasteiger partial charge < -0.3 is 5.11 Å². The summed E-state index contributed by atoms with van der Waals surface area (Å²) in [6, 6.07) is 0.